The number of anilines is 1. The van der Waals surface area contributed by atoms with Gasteiger partial charge in [-0.3, -0.25) is 10.2 Å². The number of nitrogens with two attached hydrogens (primary N) is 1. The summed E-state index contributed by atoms with van der Waals surface area (Å²) in [5, 5.41) is 1.51. The Hall–Kier alpha value is -3.12. The van der Waals surface area contributed by atoms with E-state index in [0.717, 1.165) is 12.1 Å². The number of nitrogens with zero attached hydrogens (tertiary/aromatic N) is 1. The Morgan fingerprint density at radius 1 is 1.12 bits per heavy atom. The van der Waals surface area contributed by atoms with Gasteiger partial charge in [-0.15, -0.1) is 0 Å². The molecular formula is C20H21F3N4O4S. The number of sulfone groups is 1. The first-order valence-electron chi connectivity index (χ1n) is 9.54. The van der Waals surface area contributed by atoms with E-state index in [1.54, 1.807) is 12.1 Å². The minimum absolute atomic E-state index is 0.0384. The third-order valence-electron chi connectivity index (χ3n) is 5.12. The van der Waals surface area contributed by atoms with E-state index >= 15 is 0 Å². The van der Waals surface area contributed by atoms with E-state index < -0.39 is 38.8 Å². The number of nitrogen functional groups attached to an aromatic ring is 1. The Kier molecular flexibility index (Phi) is 6.74. The Morgan fingerprint density at radius 2 is 1.81 bits per heavy atom. The van der Waals surface area contributed by atoms with Gasteiger partial charge in [0.2, 0.25) is 0 Å². The molecule has 0 bridgehead atoms. The highest BCUT2D eigenvalue weighted by molar-refractivity contribution is 7.92. The summed E-state index contributed by atoms with van der Waals surface area (Å²) in [6.07, 6.45) is -4.44. The van der Waals surface area contributed by atoms with Crippen LogP contribution in [0.15, 0.2) is 48.5 Å². The lowest BCUT2D eigenvalue weighted by Gasteiger charge is -2.32. The number of nitrogens with one attached hydrogen (secondary N) is 2. The molecule has 172 valence electrons. The van der Waals surface area contributed by atoms with Gasteiger partial charge in [0, 0.05) is 24.3 Å². The lowest BCUT2D eigenvalue weighted by molar-refractivity contribution is -0.137. The molecule has 4 N–H and O–H groups in total. The zero-order valence-corrected chi connectivity index (χ0v) is 17.5. The highest BCUT2D eigenvalue weighted by Gasteiger charge is 2.35. The first-order chi connectivity index (χ1) is 15.0. The number of hydrogen-bond donors (Lipinski definition) is 3. The Bertz CT molecular complexity index is 1100. The Morgan fingerprint density at radius 3 is 2.44 bits per heavy atom. The number of rotatable bonds is 4. The van der Waals surface area contributed by atoms with Gasteiger partial charge in [-0.2, -0.15) is 13.2 Å². The van der Waals surface area contributed by atoms with Crippen LogP contribution in [0.1, 0.15) is 21.5 Å². The van der Waals surface area contributed by atoms with Gasteiger partial charge in [-0.05, 0) is 42.3 Å². The van der Waals surface area contributed by atoms with Crippen molar-refractivity contribution < 1.29 is 31.2 Å². The summed E-state index contributed by atoms with van der Waals surface area (Å²) < 4.78 is 63.7. The van der Waals surface area contributed by atoms with Crippen molar-refractivity contribution >= 4 is 27.5 Å². The maximum absolute atomic E-state index is 12.9. The molecule has 2 aromatic carbocycles. The van der Waals surface area contributed by atoms with Gasteiger partial charge in [-0.25, -0.2) is 19.1 Å². The normalized spacial score (nSPS) is 18.1. The molecule has 0 saturated carbocycles. The van der Waals surface area contributed by atoms with Crippen LogP contribution in [0.4, 0.5) is 23.7 Å². The number of amides is 3. The second kappa shape index (κ2) is 9.17. The molecule has 1 saturated heterocycles. The standard InChI is InChI=1S/C20H21F3N4O4S/c21-20(22,23)15-2-1-3-16(11-15)25-19(29)27-8-9-32(30,31)17(12-27)10-13-4-6-14(7-5-13)18(28)26-24/h1-7,11,17H,8-10,12,24H2,(H,25,29)(H,26,28). The second-order valence-electron chi connectivity index (χ2n) is 7.32. The van der Waals surface area contributed by atoms with Crippen LogP contribution < -0.4 is 16.6 Å². The summed E-state index contributed by atoms with van der Waals surface area (Å²) in [4.78, 5) is 25.4. The average molecular weight is 470 g/mol. The van der Waals surface area contributed by atoms with Crippen LogP contribution in [-0.4, -0.2) is 49.3 Å². The number of carbonyl (C=O) groups excluding carboxylic acids is 2. The summed E-state index contributed by atoms with van der Waals surface area (Å²) >= 11 is 0. The number of carbonyl (C=O) groups is 2. The monoisotopic (exact) mass is 470 g/mol. The molecule has 8 nitrogen and oxygen atoms in total. The molecule has 32 heavy (non-hydrogen) atoms. The minimum Gasteiger partial charge on any atom is -0.322 e. The maximum Gasteiger partial charge on any atom is 0.416 e. The SMILES string of the molecule is NNC(=O)c1ccc(CC2CN(C(=O)Nc3cccc(C(F)(F)F)c3)CCS2(=O)=O)cc1. The van der Waals surface area contributed by atoms with Crippen LogP contribution in [0.2, 0.25) is 0 Å². The molecule has 2 aromatic rings. The number of hydrazine groups is 1. The fourth-order valence-corrected chi connectivity index (χ4v) is 5.01. The summed E-state index contributed by atoms with van der Waals surface area (Å²) in [7, 11) is -3.49. The molecular weight excluding hydrogens is 449 g/mol. The van der Waals surface area contributed by atoms with E-state index in [1.807, 2.05) is 5.43 Å². The fraction of sp³-hybridized carbons (Fsp3) is 0.300. The van der Waals surface area contributed by atoms with Crippen molar-refractivity contribution in [1.29, 1.82) is 0 Å². The molecule has 1 unspecified atom stereocenters. The van der Waals surface area contributed by atoms with Crippen LogP contribution in [0, 0.1) is 0 Å². The number of halogens is 3. The molecule has 1 aliphatic rings. The molecule has 1 heterocycles. The van der Waals surface area contributed by atoms with Gasteiger partial charge in [-0.1, -0.05) is 18.2 Å². The molecule has 0 radical (unpaired) electrons. The predicted octanol–water partition coefficient (Wildman–Crippen LogP) is 2.18. The molecule has 3 amide bonds. The maximum atomic E-state index is 12.9. The molecule has 3 rings (SSSR count). The van der Waals surface area contributed by atoms with Crippen LogP contribution in [0.5, 0.6) is 0 Å². The van der Waals surface area contributed by atoms with Crippen molar-refractivity contribution in [2.24, 2.45) is 5.84 Å². The van der Waals surface area contributed by atoms with E-state index in [9.17, 15) is 31.2 Å². The molecule has 1 atom stereocenters. The van der Waals surface area contributed by atoms with E-state index in [4.69, 9.17) is 5.84 Å². The van der Waals surface area contributed by atoms with Crippen molar-refractivity contribution in [1.82, 2.24) is 10.3 Å². The highest BCUT2D eigenvalue weighted by Crippen LogP contribution is 2.30. The topological polar surface area (TPSA) is 122 Å². The summed E-state index contributed by atoms with van der Waals surface area (Å²) in [5.41, 5.74) is 2.01. The number of benzene rings is 2. The summed E-state index contributed by atoms with van der Waals surface area (Å²) in [6.45, 7) is -0.183. The van der Waals surface area contributed by atoms with Gasteiger partial charge in [0.05, 0.1) is 16.6 Å². The predicted molar refractivity (Wildman–Crippen MR) is 111 cm³/mol. The zero-order valence-electron chi connectivity index (χ0n) is 16.7. The van der Waals surface area contributed by atoms with Crippen LogP contribution >= 0.6 is 0 Å². The molecule has 0 spiro atoms. The van der Waals surface area contributed by atoms with E-state index in [-0.39, 0.29) is 31.0 Å². The lowest BCUT2D eigenvalue weighted by Crippen LogP contribution is -2.51. The summed E-state index contributed by atoms with van der Waals surface area (Å²) in [6, 6.07) is 9.73. The van der Waals surface area contributed by atoms with Gasteiger partial charge in [0.25, 0.3) is 5.91 Å². The fourth-order valence-electron chi connectivity index (χ4n) is 3.34. The van der Waals surface area contributed by atoms with Crippen molar-refractivity contribution in [3.8, 4) is 0 Å². The largest absolute Gasteiger partial charge is 0.416 e. The van der Waals surface area contributed by atoms with Crippen molar-refractivity contribution in [3.63, 3.8) is 0 Å². The van der Waals surface area contributed by atoms with Crippen molar-refractivity contribution in [3.05, 3.63) is 65.2 Å². The van der Waals surface area contributed by atoms with Crippen LogP contribution in [0.25, 0.3) is 0 Å². The molecule has 1 aliphatic heterocycles. The Labute approximate surface area is 182 Å². The lowest BCUT2D eigenvalue weighted by atomic mass is 10.1. The van der Waals surface area contributed by atoms with Gasteiger partial charge >= 0.3 is 12.2 Å². The third kappa shape index (κ3) is 5.56. The molecule has 12 heteroatoms. The molecule has 0 aromatic heterocycles. The van der Waals surface area contributed by atoms with Gasteiger partial charge in [0.15, 0.2) is 9.84 Å². The van der Waals surface area contributed by atoms with E-state index in [2.05, 4.69) is 5.32 Å². The van der Waals surface area contributed by atoms with Crippen molar-refractivity contribution in [2.45, 2.75) is 17.8 Å². The second-order valence-corrected chi connectivity index (χ2v) is 9.72. The van der Waals surface area contributed by atoms with E-state index in [1.165, 1.54) is 29.2 Å². The molecule has 0 aliphatic carbocycles. The first-order valence-corrected chi connectivity index (χ1v) is 11.3. The third-order valence-corrected chi connectivity index (χ3v) is 7.20. The quantitative estimate of drug-likeness (QED) is 0.359. The first kappa shape index (κ1) is 23.5. The Balaban J connectivity index is 1.70. The molecule has 1 fully saturated rings. The van der Waals surface area contributed by atoms with Crippen LogP contribution in [0.3, 0.4) is 0 Å². The van der Waals surface area contributed by atoms with Gasteiger partial charge in [0.1, 0.15) is 0 Å². The van der Waals surface area contributed by atoms with E-state index in [0.29, 0.717) is 11.1 Å². The highest BCUT2D eigenvalue weighted by atomic mass is 32.2. The minimum atomic E-state index is -4.55. The van der Waals surface area contributed by atoms with Gasteiger partial charge < -0.3 is 10.2 Å². The zero-order chi connectivity index (χ0) is 23.5. The average Bonchev–Trinajstić information content (AvgIpc) is 2.74. The summed E-state index contributed by atoms with van der Waals surface area (Å²) in [5.74, 6) is 4.33. The van der Waals surface area contributed by atoms with Crippen LogP contribution in [-0.2, 0) is 22.4 Å². The smallest absolute Gasteiger partial charge is 0.322 e. The number of urea groups is 1. The number of alkyl halides is 3. The van der Waals surface area contributed by atoms with Crippen molar-refractivity contribution in [2.75, 3.05) is 24.2 Å². The number of hydrogen-bond acceptors (Lipinski definition) is 5.